The molecule has 70 valence electrons. The van der Waals surface area contributed by atoms with Crippen molar-refractivity contribution in [1.29, 1.82) is 0 Å². The summed E-state index contributed by atoms with van der Waals surface area (Å²) in [4.78, 5) is 14.6. The highest BCUT2D eigenvalue weighted by Crippen LogP contribution is 2.01. The van der Waals surface area contributed by atoms with Gasteiger partial charge in [-0.15, -0.1) is 0 Å². The van der Waals surface area contributed by atoms with Crippen molar-refractivity contribution in [1.82, 2.24) is 9.80 Å². The summed E-state index contributed by atoms with van der Waals surface area (Å²) in [7, 11) is 1.98. The molecule has 0 aromatic heterocycles. The lowest BCUT2D eigenvalue weighted by atomic mass is 10.3. The Labute approximate surface area is 70.9 Å². The molecule has 0 atom stereocenters. The Kier molecular flexibility index (Phi) is 3.28. The van der Waals surface area contributed by atoms with Gasteiger partial charge in [-0.05, 0) is 7.05 Å². The normalized spacial score (nSPS) is 19.3. The molecule has 12 heavy (non-hydrogen) atoms. The van der Waals surface area contributed by atoms with Crippen molar-refractivity contribution in [2.75, 3.05) is 40.1 Å². The molecule has 0 bridgehead atoms. The molecule has 1 saturated heterocycles. The molecule has 4 nitrogen and oxygen atoms in total. The summed E-state index contributed by atoms with van der Waals surface area (Å²) in [6, 6.07) is 0. The van der Waals surface area contributed by atoms with Crippen LogP contribution in [0, 0.1) is 0 Å². The average Bonchev–Trinajstić information content (AvgIpc) is 2.06. The third-order valence-corrected chi connectivity index (χ3v) is 1.94. The molecule has 1 amide bonds. The van der Waals surface area contributed by atoms with Crippen LogP contribution in [0.4, 0.5) is 9.18 Å². The molecule has 0 N–H and O–H groups in total. The number of ether oxygens (including phenoxy) is 1. The lowest BCUT2D eigenvalue weighted by Crippen LogP contribution is -2.47. The van der Waals surface area contributed by atoms with Crippen LogP contribution in [-0.2, 0) is 4.74 Å². The van der Waals surface area contributed by atoms with Gasteiger partial charge in [-0.3, -0.25) is 0 Å². The van der Waals surface area contributed by atoms with Crippen molar-refractivity contribution >= 4 is 6.09 Å². The number of rotatable bonds is 1. The summed E-state index contributed by atoms with van der Waals surface area (Å²) in [5, 5.41) is 0. The monoisotopic (exact) mass is 176 g/mol. The summed E-state index contributed by atoms with van der Waals surface area (Å²) >= 11 is 0. The molecule has 0 spiro atoms. The summed E-state index contributed by atoms with van der Waals surface area (Å²) in [6.07, 6.45) is -0.550. The van der Waals surface area contributed by atoms with Gasteiger partial charge in [-0.25, -0.2) is 9.18 Å². The fraction of sp³-hybridized carbons (Fsp3) is 0.857. The van der Waals surface area contributed by atoms with Crippen LogP contribution in [0.15, 0.2) is 0 Å². The SMILES string of the molecule is CN1CCN(C(=O)OCF)CC1. The van der Waals surface area contributed by atoms with Crippen LogP contribution in [0.5, 0.6) is 0 Å². The first-order valence-electron chi connectivity index (χ1n) is 3.90. The van der Waals surface area contributed by atoms with E-state index in [-0.39, 0.29) is 0 Å². The number of likely N-dealkylation sites (N-methyl/N-ethyl adjacent to an activating group) is 1. The number of nitrogens with zero attached hydrogens (tertiary/aromatic N) is 2. The van der Waals surface area contributed by atoms with Gasteiger partial charge in [-0.2, -0.15) is 0 Å². The van der Waals surface area contributed by atoms with E-state index in [9.17, 15) is 9.18 Å². The topological polar surface area (TPSA) is 32.8 Å². The van der Waals surface area contributed by atoms with E-state index in [2.05, 4.69) is 9.64 Å². The van der Waals surface area contributed by atoms with Crippen LogP contribution in [0.1, 0.15) is 0 Å². The Balaban J connectivity index is 2.29. The van der Waals surface area contributed by atoms with Gasteiger partial charge in [0.05, 0.1) is 0 Å². The number of carbonyl (C=O) groups is 1. The highest BCUT2D eigenvalue weighted by molar-refractivity contribution is 5.67. The summed E-state index contributed by atoms with van der Waals surface area (Å²) in [5.74, 6) is 0. The number of carbonyl (C=O) groups excluding carboxylic acids is 1. The van der Waals surface area contributed by atoms with Crippen molar-refractivity contribution in [3.63, 3.8) is 0 Å². The van der Waals surface area contributed by atoms with Crippen LogP contribution in [-0.4, -0.2) is 56.0 Å². The molecule has 1 fully saturated rings. The number of amides is 1. The Morgan fingerprint density at radius 2 is 2.00 bits per heavy atom. The van der Waals surface area contributed by atoms with Crippen molar-refractivity contribution in [3.05, 3.63) is 0 Å². The highest BCUT2D eigenvalue weighted by Gasteiger charge is 2.19. The number of piperazine rings is 1. The standard InChI is InChI=1S/C7H13FN2O2/c1-9-2-4-10(5-3-9)7(11)12-6-8/h2-6H2,1H3. The zero-order chi connectivity index (χ0) is 8.97. The van der Waals surface area contributed by atoms with E-state index in [0.29, 0.717) is 13.1 Å². The molecule has 1 aliphatic rings. The maximum Gasteiger partial charge on any atom is 0.412 e. The summed E-state index contributed by atoms with van der Waals surface area (Å²) < 4.78 is 15.8. The van der Waals surface area contributed by atoms with Crippen molar-refractivity contribution in [2.24, 2.45) is 0 Å². The second kappa shape index (κ2) is 4.25. The predicted molar refractivity (Wildman–Crippen MR) is 41.5 cm³/mol. The smallest absolute Gasteiger partial charge is 0.412 e. The summed E-state index contributed by atoms with van der Waals surface area (Å²) in [5.41, 5.74) is 0. The molecular weight excluding hydrogens is 163 g/mol. The number of alkyl halides is 1. The van der Waals surface area contributed by atoms with E-state index in [1.165, 1.54) is 4.90 Å². The van der Waals surface area contributed by atoms with Gasteiger partial charge >= 0.3 is 6.09 Å². The number of halogens is 1. The Morgan fingerprint density at radius 1 is 1.42 bits per heavy atom. The first kappa shape index (κ1) is 9.25. The number of hydrogen-bond donors (Lipinski definition) is 0. The third-order valence-electron chi connectivity index (χ3n) is 1.94. The van der Waals surface area contributed by atoms with Crippen molar-refractivity contribution < 1.29 is 13.9 Å². The van der Waals surface area contributed by atoms with E-state index in [1.54, 1.807) is 0 Å². The minimum atomic E-state index is -1.04. The zero-order valence-electron chi connectivity index (χ0n) is 7.12. The molecule has 0 aliphatic carbocycles. The Bertz CT molecular complexity index is 157. The maximum absolute atomic E-state index is 11.6. The first-order valence-corrected chi connectivity index (χ1v) is 3.90. The lowest BCUT2D eigenvalue weighted by molar-refractivity contribution is 0.0519. The van der Waals surface area contributed by atoms with Crippen LogP contribution in [0.25, 0.3) is 0 Å². The van der Waals surface area contributed by atoms with Crippen LogP contribution in [0.3, 0.4) is 0 Å². The minimum Gasteiger partial charge on any atom is -0.417 e. The first-order chi connectivity index (χ1) is 5.74. The van der Waals surface area contributed by atoms with Gasteiger partial charge in [-0.1, -0.05) is 0 Å². The fourth-order valence-electron chi connectivity index (χ4n) is 1.13. The second-order valence-electron chi connectivity index (χ2n) is 2.81. The van der Waals surface area contributed by atoms with Gasteiger partial charge < -0.3 is 14.5 Å². The zero-order valence-corrected chi connectivity index (χ0v) is 7.12. The molecule has 1 aliphatic heterocycles. The molecule has 0 saturated carbocycles. The number of hydrogen-bond acceptors (Lipinski definition) is 3. The van der Waals surface area contributed by atoms with Gasteiger partial charge in [0.15, 0.2) is 0 Å². The molecule has 1 rings (SSSR count). The van der Waals surface area contributed by atoms with Crippen molar-refractivity contribution in [2.45, 2.75) is 0 Å². The van der Waals surface area contributed by atoms with Gasteiger partial charge in [0, 0.05) is 26.2 Å². The average molecular weight is 176 g/mol. The van der Waals surface area contributed by atoms with E-state index in [1.807, 2.05) is 7.05 Å². The molecule has 0 radical (unpaired) electrons. The van der Waals surface area contributed by atoms with E-state index < -0.39 is 13.0 Å². The third kappa shape index (κ3) is 2.34. The van der Waals surface area contributed by atoms with Crippen LogP contribution in [0.2, 0.25) is 0 Å². The van der Waals surface area contributed by atoms with Crippen molar-refractivity contribution in [3.8, 4) is 0 Å². The molecule has 0 unspecified atom stereocenters. The van der Waals surface area contributed by atoms with Gasteiger partial charge in [0.25, 0.3) is 0 Å². The molecule has 0 aromatic rings. The van der Waals surface area contributed by atoms with Crippen LogP contribution >= 0.6 is 0 Å². The van der Waals surface area contributed by atoms with E-state index >= 15 is 0 Å². The van der Waals surface area contributed by atoms with Gasteiger partial charge in [0.2, 0.25) is 6.86 Å². The summed E-state index contributed by atoms with van der Waals surface area (Å²) in [6.45, 7) is 1.85. The van der Waals surface area contributed by atoms with Crippen LogP contribution < -0.4 is 0 Å². The predicted octanol–water partition coefficient (Wildman–Crippen LogP) is 0.297. The largest absolute Gasteiger partial charge is 0.417 e. The quantitative estimate of drug-likeness (QED) is 0.576. The molecular formula is C7H13FN2O2. The minimum absolute atomic E-state index is 0.550. The molecule has 1 heterocycles. The Morgan fingerprint density at radius 3 is 2.50 bits per heavy atom. The molecule has 5 heteroatoms. The Hall–Kier alpha value is -0.840. The second-order valence-corrected chi connectivity index (χ2v) is 2.81. The van der Waals surface area contributed by atoms with E-state index in [0.717, 1.165) is 13.1 Å². The molecule has 0 aromatic carbocycles. The fourth-order valence-corrected chi connectivity index (χ4v) is 1.13. The lowest BCUT2D eigenvalue weighted by Gasteiger charge is -2.31. The van der Waals surface area contributed by atoms with E-state index in [4.69, 9.17) is 0 Å². The highest BCUT2D eigenvalue weighted by atomic mass is 19.1. The maximum atomic E-state index is 11.6. The van der Waals surface area contributed by atoms with Gasteiger partial charge in [0.1, 0.15) is 0 Å².